The average molecular weight is 356 g/mol. The van der Waals surface area contributed by atoms with Gasteiger partial charge in [-0.2, -0.15) is 4.98 Å². The number of nitrogens with one attached hydrogen (secondary N) is 1. The molecule has 0 spiro atoms. The third-order valence-electron chi connectivity index (χ3n) is 4.17. The van der Waals surface area contributed by atoms with E-state index in [2.05, 4.69) is 25.7 Å². The number of anilines is 2. The van der Waals surface area contributed by atoms with Crippen LogP contribution in [-0.2, 0) is 4.79 Å². The van der Waals surface area contributed by atoms with Crippen molar-refractivity contribution in [3.8, 4) is 11.5 Å². The lowest BCUT2D eigenvalue weighted by Gasteiger charge is -2.29. The minimum absolute atomic E-state index is 0.00511. The highest BCUT2D eigenvalue weighted by molar-refractivity contribution is 7.13. The van der Waals surface area contributed by atoms with E-state index in [0.717, 1.165) is 18.4 Å². The highest BCUT2D eigenvalue weighted by Crippen LogP contribution is 2.25. The molecular formula is C16H16N6O2S. The standard InChI is InChI=1S/C16H16N6O2S/c23-13(18-16-20-17-10-25-16)11-6-8-22(9-7-11)15-19-14(24-21-15)12-4-2-1-3-5-12/h1-5,10-11H,6-9H2,(H,18,20,23). The summed E-state index contributed by atoms with van der Waals surface area (Å²) in [5.41, 5.74) is 2.49. The summed E-state index contributed by atoms with van der Waals surface area (Å²) in [7, 11) is 0. The van der Waals surface area contributed by atoms with Crippen molar-refractivity contribution >= 4 is 28.3 Å². The van der Waals surface area contributed by atoms with Gasteiger partial charge in [-0.3, -0.25) is 4.79 Å². The molecule has 128 valence electrons. The van der Waals surface area contributed by atoms with Gasteiger partial charge in [0, 0.05) is 24.6 Å². The van der Waals surface area contributed by atoms with E-state index in [1.165, 1.54) is 11.3 Å². The first-order valence-electron chi connectivity index (χ1n) is 8.01. The van der Waals surface area contributed by atoms with Crippen LogP contribution >= 0.6 is 11.3 Å². The molecule has 25 heavy (non-hydrogen) atoms. The molecule has 1 fully saturated rings. The molecule has 0 bridgehead atoms. The Morgan fingerprint density at radius 2 is 2.04 bits per heavy atom. The molecule has 0 unspecified atom stereocenters. The highest BCUT2D eigenvalue weighted by atomic mass is 32.1. The van der Waals surface area contributed by atoms with Gasteiger partial charge < -0.3 is 14.7 Å². The number of hydrogen-bond acceptors (Lipinski definition) is 8. The van der Waals surface area contributed by atoms with Crippen LogP contribution in [0.1, 0.15) is 12.8 Å². The van der Waals surface area contributed by atoms with Gasteiger partial charge in [-0.15, -0.1) is 10.2 Å². The van der Waals surface area contributed by atoms with Crippen molar-refractivity contribution in [2.75, 3.05) is 23.3 Å². The van der Waals surface area contributed by atoms with Gasteiger partial charge in [0.2, 0.25) is 11.0 Å². The topological polar surface area (TPSA) is 97.0 Å². The lowest BCUT2D eigenvalue weighted by molar-refractivity contribution is -0.120. The summed E-state index contributed by atoms with van der Waals surface area (Å²) in [5, 5.41) is 15.0. The lowest BCUT2D eigenvalue weighted by Crippen LogP contribution is -2.38. The predicted octanol–water partition coefficient (Wildman–Crippen LogP) is 2.44. The molecule has 3 aromatic rings. The Bertz CT molecular complexity index is 827. The summed E-state index contributed by atoms with van der Waals surface area (Å²) >= 11 is 1.32. The molecular weight excluding hydrogens is 340 g/mol. The number of amides is 1. The molecule has 1 aliphatic rings. The predicted molar refractivity (Wildman–Crippen MR) is 93.2 cm³/mol. The number of aromatic nitrogens is 4. The Morgan fingerprint density at radius 3 is 2.76 bits per heavy atom. The van der Waals surface area contributed by atoms with Crippen LogP contribution in [-0.4, -0.2) is 39.3 Å². The number of piperidine rings is 1. The molecule has 1 amide bonds. The number of carbonyl (C=O) groups excluding carboxylic acids is 1. The fourth-order valence-electron chi connectivity index (χ4n) is 2.82. The second-order valence-corrected chi connectivity index (χ2v) is 6.59. The van der Waals surface area contributed by atoms with Crippen LogP contribution in [0.2, 0.25) is 0 Å². The smallest absolute Gasteiger partial charge is 0.266 e. The van der Waals surface area contributed by atoms with Gasteiger partial charge in [0.1, 0.15) is 5.51 Å². The molecule has 0 radical (unpaired) electrons. The normalized spacial score (nSPS) is 15.3. The maximum absolute atomic E-state index is 12.3. The van der Waals surface area contributed by atoms with Crippen molar-refractivity contribution in [3.63, 3.8) is 0 Å². The molecule has 0 aliphatic carbocycles. The maximum Gasteiger partial charge on any atom is 0.266 e. The number of benzene rings is 1. The van der Waals surface area contributed by atoms with Crippen LogP contribution in [0.4, 0.5) is 11.1 Å². The molecule has 2 aromatic heterocycles. The second-order valence-electron chi connectivity index (χ2n) is 5.76. The van der Waals surface area contributed by atoms with Crippen molar-refractivity contribution in [2.24, 2.45) is 5.92 Å². The quantitative estimate of drug-likeness (QED) is 0.767. The maximum atomic E-state index is 12.3. The van der Waals surface area contributed by atoms with E-state index < -0.39 is 0 Å². The SMILES string of the molecule is O=C(Nc1nncs1)C1CCN(c2noc(-c3ccccc3)n2)CC1. The van der Waals surface area contributed by atoms with Gasteiger partial charge in [-0.05, 0) is 30.1 Å². The van der Waals surface area contributed by atoms with Crippen LogP contribution in [0.3, 0.4) is 0 Å². The van der Waals surface area contributed by atoms with E-state index in [4.69, 9.17) is 4.52 Å². The van der Waals surface area contributed by atoms with Gasteiger partial charge in [0.25, 0.3) is 11.8 Å². The number of carbonyl (C=O) groups is 1. The fourth-order valence-corrected chi connectivity index (χ4v) is 3.27. The summed E-state index contributed by atoms with van der Waals surface area (Å²) in [6.45, 7) is 1.42. The van der Waals surface area contributed by atoms with Gasteiger partial charge in [-0.25, -0.2) is 0 Å². The minimum atomic E-state index is -0.0411. The molecule has 3 heterocycles. The van der Waals surface area contributed by atoms with E-state index in [0.29, 0.717) is 30.1 Å². The van der Waals surface area contributed by atoms with Crippen molar-refractivity contribution in [3.05, 3.63) is 35.8 Å². The van der Waals surface area contributed by atoms with Gasteiger partial charge in [0.15, 0.2) is 0 Å². The van der Waals surface area contributed by atoms with Crippen molar-refractivity contribution in [1.29, 1.82) is 0 Å². The van der Waals surface area contributed by atoms with Crippen LogP contribution in [0.15, 0.2) is 40.4 Å². The molecule has 8 nitrogen and oxygen atoms in total. The zero-order chi connectivity index (χ0) is 17.1. The van der Waals surface area contributed by atoms with E-state index >= 15 is 0 Å². The van der Waals surface area contributed by atoms with Gasteiger partial charge in [-0.1, -0.05) is 29.5 Å². The Labute approximate surface area is 147 Å². The fraction of sp³-hybridized carbons (Fsp3) is 0.312. The molecule has 9 heteroatoms. The Hall–Kier alpha value is -2.81. The van der Waals surface area contributed by atoms with Crippen molar-refractivity contribution < 1.29 is 9.32 Å². The molecule has 1 aromatic carbocycles. The molecule has 4 rings (SSSR count). The number of nitrogens with zero attached hydrogens (tertiary/aromatic N) is 5. The summed E-state index contributed by atoms with van der Waals surface area (Å²) in [4.78, 5) is 18.8. The third kappa shape index (κ3) is 3.50. The van der Waals surface area contributed by atoms with Crippen LogP contribution < -0.4 is 10.2 Å². The summed E-state index contributed by atoms with van der Waals surface area (Å²) < 4.78 is 5.35. The average Bonchev–Trinajstić information content (AvgIpc) is 3.34. The minimum Gasteiger partial charge on any atom is -0.338 e. The van der Waals surface area contributed by atoms with E-state index in [1.807, 2.05) is 35.2 Å². The first kappa shape index (κ1) is 15.7. The molecule has 1 N–H and O–H groups in total. The Balaban J connectivity index is 1.36. The first-order chi connectivity index (χ1) is 12.3. The molecule has 1 aliphatic heterocycles. The molecule has 0 saturated carbocycles. The zero-order valence-corrected chi connectivity index (χ0v) is 14.1. The molecule has 0 atom stereocenters. The van der Waals surface area contributed by atoms with Gasteiger partial charge >= 0.3 is 0 Å². The largest absolute Gasteiger partial charge is 0.338 e. The van der Waals surface area contributed by atoms with E-state index in [-0.39, 0.29) is 11.8 Å². The van der Waals surface area contributed by atoms with E-state index in [1.54, 1.807) is 5.51 Å². The summed E-state index contributed by atoms with van der Waals surface area (Å²) in [5.74, 6) is 1.03. The summed E-state index contributed by atoms with van der Waals surface area (Å²) in [6, 6.07) is 9.67. The highest BCUT2D eigenvalue weighted by Gasteiger charge is 2.27. The van der Waals surface area contributed by atoms with Crippen LogP contribution in [0, 0.1) is 5.92 Å². The monoisotopic (exact) mass is 356 g/mol. The van der Waals surface area contributed by atoms with Gasteiger partial charge in [0.05, 0.1) is 0 Å². The van der Waals surface area contributed by atoms with E-state index in [9.17, 15) is 4.79 Å². The third-order valence-corrected chi connectivity index (χ3v) is 4.78. The lowest BCUT2D eigenvalue weighted by atomic mass is 9.96. The Morgan fingerprint density at radius 1 is 1.24 bits per heavy atom. The second kappa shape index (κ2) is 6.98. The number of hydrogen-bond donors (Lipinski definition) is 1. The molecule has 1 saturated heterocycles. The summed E-state index contributed by atoms with van der Waals surface area (Å²) in [6.07, 6.45) is 1.47. The van der Waals surface area contributed by atoms with Crippen molar-refractivity contribution in [1.82, 2.24) is 20.3 Å². The van der Waals surface area contributed by atoms with Crippen LogP contribution in [0.5, 0.6) is 0 Å². The van der Waals surface area contributed by atoms with Crippen molar-refractivity contribution in [2.45, 2.75) is 12.8 Å². The number of rotatable bonds is 4. The van der Waals surface area contributed by atoms with Crippen LogP contribution in [0.25, 0.3) is 11.5 Å². The zero-order valence-electron chi connectivity index (χ0n) is 13.3. The first-order valence-corrected chi connectivity index (χ1v) is 8.88. The Kier molecular flexibility index (Phi) is 4.38.